The van der Waals surface area contributed by atoms with Gasteiger partial charge in [0.05, 0.1) is 58.1 Å². The molecule has 0 saturated carbocycles. The fourth-order valence-electron chi connectivity index (χ4n) is 4.56. The monoisotopic (exact) mass is 684 g/mol. The molecule has 2 aliphatic heterocycles. The number of nitrogens with one attached hydrogen (secondary N) is 4. The Morgan fingerprint density at radius 2 is 1.26 bits per heavy atom. The van der Waals surface area contributed by atoms with Gasteiger partial charge in [-0.2, -0.15) is 20.5 Å². The summed E-state index contributed by atoms with van der Waals surface area (Å²) in [5, 5.41) is 11.7. The van der Waals surface area contributed by atoms with Crippen molar-refractivity contribution >= 4 is 35.6 Å². The molecule has 2 fully saturated rings. The molecule has 0 aromatic heterocycles. The third-order valence-corrected chi connectivity index (χ3v) is 8.41. The van der Waals surface area contributed by atoms with E-state index >= 15 is 0 Å². The molecule has 1 aromatic rings. The van der Waals surface area contributed by atoms with E-state index < -0.39 is 47.2 Å². The zero-order chi connectivity index (χ0) is 33.5. The van der Waals surface area contributed by atoms with Gasteiger partial charge in [-0.25, -0.2) is 18.0 Å². The SMILES string of the molecule is O=C(CCCC[C@@H]1SC[C@@H]2NC(=O)N[C@@H]21)NCCNC(=O)CCOCCOCCOCCC(=O)Oc1c(F)c(F)c(F)c(F)c1F. The van der Waals surface area contributed by atoms with E-state index in [4.69, 9.17) is 14.2 Å². The maximum Gasteiger partial charge on any atom is 0.315 e. The Hall–Kier alpha value is -3.22. The molecule has 4 N–H and O–H groups in total. The highest BCUT2D eigenvalue weighted by atomic mass is 32.2. The lowest BCUT2D eigenvalue weighted by molar-refractivity contribution is -0.136. The zero-order valence-electron chi connectivity index (χ0n) is 24.9. The largest absolute Gasteiger partial charge is 0.420 e. The lowest BCUT2D eigenvalue weighted by atomic mass is 10.0. The quantitative estimate of drug-likeness (QED) is 0.0290. The van der Waals surface area contributed by atoms with Crippen LogP contribution in [-0.2, 0) is 28.6 Å². The number of carbonyl (C=O) groups excluding carboxylic acids is 4. The Balaban J connectivity index is 1.07. The zero-order valence-corrected chi connectivity index (χ0v) is 25.7. The number of hydrogen-bond acceptors (Lipinski definition) is 9. The highest BCUT2D eigenvalue weighted by molar-refractivity contribution is 8.00. The maximum absolute atomic E-state index is 13.5. The molecule has 2 heterocycles. The van der Waals surface area contributed by atoms with Crippen molar-refractivity contribution in [3.05, 3.63) is 29.1 Å². The van der Waals surface area contributed by atoms with Gasteiger partial charge in [0.2, 0.25) is 46.6 Å². The van der Waals surface area contributed by atoms with Crippen LogP contribution >= 0.6 is 11.8 Å². The summed E-state index contributed by atoms with van der Waals surface area (Å²) in [6.45, 7) is 1.04. The van der Waals surface area contributed by atoms with Crippen LogP contribution in [0, 0.1) is 29.1 Å². The van der Waals surface area contributed by atoms with E-state index in [9.17, 15) is 41.1 Å². The van der Waals surface area contributed by atoms with Crippen molar-refractivity contribution in [1.29, 1.82) is 0 Å². The summed E-state index contributed by atoms with van der Waals surface area (Å²) < 4.78 is 86.3. The van der Waals surface area contributed by atoms with Gasteiger partial charge in [-0.05, 0) is 12.8 Å². The number of hydrogen-bond donors (Lipinski definition) is 4. The van der Waals surface area contributed by atoms with E-state index in [0.29, 0.717) is 18.2 Å². The van der Waals surface area contributed by atoms with Gasteiger partial charge < -0.3 is 40.2 Å². The third kappa shape index (κ3) is 11.9. The Morgan fingerprint density at radius 1 is 0.717 bits per heavy atom. The molecule has 2 saturated heterocycles. The van der Waals surface area contributed by atoms with Crippen LogP contribution in [0.25, 0.3) is 0 Å². The Morgan fingerprint density at radius 3 is 1.89 bits per heavy atom. The van der Waals surface area contributed by atoms with Crippen molar-refractivity contribution in [2.75, 3.05) is 58.5 Å². The first-order valence-corrected chi connectivity index (χ1v) is 15.8. The number of esters is 1. The number of amides is 4. The van der Waals surface area contributed by atoms with E-state index in [2.05, 4.69) is 26.0 Å². The van der Waals surface area contributed by atoms with Crippen LogP contribution in [0.3, 0.4) is 0 Å². The van der Waals surface area contributed by atoms with E-state index in [-0.39, 0.29) is 82.5 Å². The summed E-state index contributed by atoms with van der Waals surface area (Å²) in [6, 6.07) is 0.244. The average Bonchev–Trinajstić information content (AvgIpc) is 3.59. The van der Waals surface area contributed by atoms with Gasteiger partial charge >= 0.3 is 12.0 Å². The highest BCUT2D eigenvalue weighted by Crippen LogP contribution is 2.33. The first kappa shape index (κ1) is 37.2. The van der Waals surface area contributed by atoms with Crippen LogP contribution < -0.4 is 26.0 Å². The molecule has 0 aliphatic carbocycles. The van der Waals surface area contributed by atoms with Crippen LogP contribution in [0.15, 0.2) is 0 Å². The predicted molar refractivity (Wildman–Crippen MR) is 154 cm³/mol. The smallest absolute Gasteiger partial charge is 0.315 e. The van der Waals surface area contributed by atoms with Crippen LogP contribution in [-0.4, -0.2) is 99.6 Å². The van der Waals surface area contributed by atoms with Crippen molar-refractivity contribution in [3.63, 3.8) is 0 Å². The second-order valence-corrected chi connectivity index (χ2v) is 11.5. The van der Waals surface area contributed by atoms with Gasteiger partial charge in [0.25, 0.3) is 0 Å². The summed E-state index contributed by atoms with van der Waals surface area (Å²) in [7, 11) is 0. The molecule has 4 amide bonds. The van der Waals surface area contributed by atoms with E-state index in [1.165, 1.54) is 0 Å². The number of urea groups is 1. The molecule has 2 aliphatic rings. The summed E-state index contributed by atoms with van der Waals surface area (Å²) in [5.41, 5.74) is 0. The number of fused-ring (bicyclic) bond motifs is 1. The van der Waals surface area contributed by atoms with Crippen LogP contribution in [0.5, 0.6) is 5.75 Å². The molecule has 3 rings (SSSR count). The van der Waals surface area contributed by atoms with Crippen molar-refractivity contribution in [2.24, 2.45) is 0 Å². The fraction of sp³-hybridized carbons (Fsp3) is 0.643. The van der Waals surface area contributed by atoms with Gasteiger partial charge in [-0.1, -0.05) is 6.42 Å². The number of thioether (sulfide) groups is 1. The number of halogens is 5. The molecule has 1 aromatic carbocycles. The van der Waals surface area contributed by atoms with Crippen molar-refractivity contribution in [1.82, 2.24) is 21.3 Å². The highest BCUT2D eigenvalue weighted by Gasteiger charge is 2.42. The molecule has 46 heavy (non-hydrogen) atoms. The van der Waals surface area contributed by atoms with Gasteiger partial charge in [0.1, 0.15) is 0 Å². The Kier molecular flexibility index (Phi) is 15.7. The van der Waals surface area contributed by atoms with Crippen molar-refractivity contribution < 1.29 is 60.1 Å². The molecule has 12 nitrogen and oxygen atoms in total. The Bertz CT molecular complexity index is 1190. The number of carbonyl (C=O) groups is 4. The third-order valence-electron chi connectivity index (χ3n) is 6.90. The molecule has 0 radical (unpaired) electrons. The molecule has 0 spiro atoms. The number of rotatable bonds is 21. The molecule has 3 atom stereocenters. The topological polar surface area (TPSA) is 153 Å². The van der Waals surface area contributed by atoms with E-state index in [1.54, 1.807) is 0 Å². The van der Waals surface area contributed by atoms with Gasteiger partial charge in [0.15, 0.2) is 0 Å². The second kappa shape index (κ2) is 19.4. The molecule has 0 bridgehead atoms. The maximum atomic E-state index is 13.5. The molecule has 0 unspecified atom stereocenters. The number of ether oxygens (including phenoxy) is 4. The van der Waals surface area contributed by atoms with E-state index in [0.717, 1.165) is 25.0 Å². The first-order chi connectivity index (χ1) is 22.1. The molecule has 18 heteroatoms. The van der Waals surface area contributed by atoms with Crippen LogP contribution in [0.2, 0.25) is 0 Å². The minimum atomic E-state index is -2.36. The van der Waals surface area contributed by atoms with Gasteiger partial charge in [0, 0.05) is 36.9 Å². The lowest BCUT2D eigenvalue weighted by Crippen LogP contribution is -2.36. The van der Waals surface area contributed by atoms with Crippen LogP contribution in [0.4, 0.5) is 26.7 Å². The minimum Gasteiger partial charge on any atom is -0.420 e. The average molecular weight is 685 g/mol. The van der Waals surface area contributed by atoms with Crippen molar-refractivity contribution in [2.45, 2.75) is 55.9 Å². The van der Waals surface area contributed by atoms with Crippen LogP contribution in [0.1, 0.15) is 38.5 Å². The van der Waals surface area contributed by atoms with Gasteiger partial charge in [-0.15, -0.1) is 0 Å². The summed E-state index contributed by atoms with van der Waals surface area (Å²) in [4.78, 5) is 47.0. The molecule has 258 valence electrons. The molecular weight excluding hydrogens is 647 g/mol. The van der Waals surface area contributed by atoms with Gasteiger partial charge in [-0.3, -0.25) is 14.4 Å². The Labute approximate surface area is 266 Å². The minimum absolute atomic E-state index is 0.0357. The second-order valence-electron chi connectivity index (χ2n) is 10.3. The lowest BCUT2D eigenvalue weighted by Gasteiger charge is -2.16. The summed E-state index contributed by atoms with van der Waals surface area (Å²) in [5.74, 6) is -13.7. The summed E-state index contributed by atoms with van der Waals surface area (Å²) >= 11 is 1.84. The number of unbranched alkanes of at least 4 members (excludes halogenated alkanes) is 1. The summed E-state index contributed by atoms with van der Waals surface area (Å²) in [6.07, 6.45) is 2.58. The molecular formula is C28H37F5N4O8S. The standard InChI is InChI=1S/C28H37F5N4O8S/c29-21-22(30)24(32)27(25(33)23(21)31)45-20(40)6-10-43-12-14-44-13-11-42-9-5-19(39)35-8-7-34-18(38)4-2-1-3-17-26-16(15-46-17)36-28(41)37-26/h16-17,26H,1-15H2,(H,34,38)(H,35,39)(H2,36,37,41)/t16-,17-,26-/m0/s1. The fourth-order valence-corrected chi connectivity index (χ4v) is 6.10. The van der Waals surface area contributed by atoms with E-state index in [1.807, 2.05) is 11.8 Å². The normalized spacial score (nSPS) is 18.5. The van der Waals surface area contributed by atoms with Crippen molar-refractivity contribution in [3.8, 4) is 5.75 Å². The predicted octanol–water partition coefficient (Wildman–Crippen LogP) is 2.08. The number of benzene rings is 1. The first-order valence-electron chi connectivity index (χ1n) is 14.8.